The minimum atomic E-state index is -0.260. The number of nitrogens with one attached hydrogen (secondary N) is 2. The van der Waals surface area contributed by atoms with Gasteiger partial charge in [-0.05, 0) is 58.2 Å². The molecule has 0 bridgehead atoms. The minimum Gasteiger partial charge on any atom is -0.356 e. The first kappa shape index (κ1) is 19.8. The van der Waals surface area contributed by atoms with Crippen LogP contribution in [-0.4, -0.2) is 21.9 Å². The second-order valence-electron chi connectivity index (χ2n) is 5.67. The molecule has 5 nitrogen and oxygen atoms in total. The summed E-state index contributed by atoms with van der Waals surface area (Å²) in [5, 5.41) is 14.8. The van der Waals surface area contributed by atoms with Crippen LogP contribution in [-0.2, 0) is 11.3 Å². The van der Waals surface area contributed by atoms with Gasteiger partial charge in [0.05, 0.1) is 11.4 Å². The molecular weight excluding hydrogens is 451 g/mol. The smallest absolute Gasteiger partial charge is 0.234 e. The Labute approximate surface area is 172 Å². The second-order valence-corrected chi connectivity index (χ2v) is 8.73. The van der Waals surface area contributed by atoms with Crippen LogP contribution in [0.2, 0.25) is 0 Å². The third kappa shape index (κ3) is 6.02. The molecule has 2 N–H and O–H groups in total. The number of benzene rings is 2. The summed E-state index contributed by atoms with van der Waals surface area (Å²) >= 11 is 6.15. The topological polar surface area (TPSA) is 66.9 Å². The molecule has 1 aromatic heterocycles. The Morgan fingerprint density at radius 1 is 1.22 bits per heavy atom. The minimum absolute atomic E-state index is 0.111. The molecule has 1 heterocycles. The number of carbonyl (C=O) groups excluding carboxylic acids is 1. The average Bonchev–Trinajstić information content (AvgIpc) is 3.10. The summed E-state index contributed by atoms with van der Waals surface area (Å²) < 4.78 is 14.5. The Morgan fingerprint density at radius 2 is 2.00 bits per heavy atom. The maximum atomic E-state index is 12.9. The van der Waals surface area contributed by atoms with E-state index in [0.29, 0.717) is 16.0 Å². The molecule has 0 saturated heterocycles. The molecule has 0 radical (unpaired) electrons. The zero-order chi connectivity index (χ0) is 19.2. The van der Waals surface area contributed by atoms with Gasteiger partial charge in [-0.1, -0.05) is 41.3 Å². The molecule has 9 heteroatoms. The molecule has 0 atom stereocenters. The monoisotopic (exact) mass is 466 g/mol. The average molecular weight is 467 g/mol. The van der Waals surface area contributed by atoms with Gasteiger partial charge < -0.3 is 10.6 Å². The fraction of sp³-hybridized carbons (Fsp3) is 0.167. The van der Waals surface area contributed by atoms with Gasteiger partial charge in [-0.15, -0.1) is 10.2 Å². The Bertz CT molecular complexity index is 933. The van der Waals surface area contributed by atoms with E-state index in [9.17, 15) is 9.18 Å². The molecule has 0 aliphatic heterocycles. The standard InChI is InChI=1S/C18H16BrFN4OS2/c1-11-2-7-15(14(19)8-11)22-16(25)10-26-18-24-23-17(27-18)21-9-12-3-5-13(20)6-4-12/h2-8H,9-10H2,1H3,(H,21,23)(H,22,25). The molecule has 0 saturated carbocycles. The number of aromatic nitrogens is 2. The van der Waals surface area contributed by atoms with Crippen LogP contribution < -0.4 is 10.6 Å². The predicted molar refractivity (Wildman–Crippen MR) is 112 cm³/mol. The van der Waals surface area contributed by atoms with Crippen molar-refractivity contribution in [2.75, 3.05) is 16.4 Å². The maximum Gasteiger partial charge on any atom is 0.234 e. The van der Waals surface area contributed by atoms with Gasteiger partial charge in [0.15, 0.2) is 4.34 Å². The number of aryl methyl sites for hydroxylation is 1. The zero-order valence-corrected chi connectivity index (χ0v) is 17.5. The van der Waals surface area contributed by atoms with Gasteiger partial charge in [0, 0.05) is 11.0 Å². The van der Waals surface area contributed by atoms with Gasteiger partial charge in [0.2, 0.25) is 11.0 Å². The maximum absolute atomic E-state index is 12.9. The molecule has 140 valence electrons. The van der Waals surface area contributed by atoms with Crippen LogP contribution in [0.15, 0.2) is 51.3 Å². The van der Waals surface area contributed by atoms with Crippen molar-refractivity contribution in [2.45, 2.75) is 17.8 Å². The van der Waals surface area contributed by atoms with Crippen molar-refractivity contribution < 1.29 is 9.18 Å². The van der Waals surface area contributed by atoms with Gasteiger partial charge in [0.1, 0.15) is 5.82 Å². The molecule has 3 rings (SSSR count). The lowest BCUT2D eigenvalue weighted by Crippen LogP contribution is -2.14. The van der Waals surface area contributed by atoms with Gasteiger partial charge in [0.25, 0.3) is 0 Å². The van der Waals surface area contributed by atoms with Crippen LogP contribution >= 0.6 is 39.0 Å². The molecule has 0 aliphatic carbocycles. The van der Waals surface area contributed by atoms with E-state index in [1.54, 1.807) is 12.1 Å². The van der Waals surface area contributed by atoms with Crippen LogP contribution in [0.25, 0.3) is 0 Å². The Balaban J connectivity index is 1.47. The summed E-state index contributed by atoms with van der Waals surface area (Å²) in [4.78, 5) is 12.1. The number of hydrogen-bond donors (Lipinski definition) is 2. The molecule has 2 aromatic carbocycles. The number of carbonyl (C=O) groups is 1. The second kappa shape index (κ2) is 9.29. The number of hydrogen-bond acceptors (Lipinski definition) is 6. The highest BCUT2D eigenvalue weighted by molar-refractivity contribution is 9.10. The SMILES string of the molecule is Cc1ccc(NC(=O)CSc2nnc(NCc3ccc(F)cc3)s2)c(Br)c1. The first-order valence-electron chi connectivity index (χ1n) is 8.00. The van der Waals surface area contributed by atoms with E-state index in [1.807, 2.05) is 25.1 Å². The van der Waals surface area contributed by atoms with Crippen molar-refractivity contribution >= 4 is 55.8 Å². The number of rotatable bonds is 7. The largest absolute Gasteiger partial charge is 0.356 e. The number of halogens is 2. The van der Waals surface area contributed by atoms with E-state index in [-0.39, 0.29) is 17.5 Å². The van der Waals surface area contributed by atoms with Crippen molar-refractivity contribution in [3.05, 3.63) is 63.9 Å². The van der Waals surface area contributed by atoms with Crippen molar-refractivity contribution in [3.63, 3.8) is 0 Å². The molecule has 0 fully saturated rings. The summed E-state index contributed by atoms with van der Waals surface area (Å²) in [6.07, 6.45) is 0. The number of anilines is 2. The lowest BCUT2D eigenvalue weighted by molar-refractivity contribution is -0.113. The van der Waals surface area contributed by atoms with E-state index in [1.165, 1.54) is 35.2 Å². The molecule has 3 aromatic rings. The Morgan fingerprint density at radius 3 is 2.74 bits per heavy atom. The first-order chi connectivity index (χ1) is 13.0. The molecule has 0 spiro atoms. The summed E-state index contributed by atoms with van der Waals surface area (Å²) in [7, 11) is 0. The molecule has 1 amide bonds. The summed E-state index contributed by atoms with van der Waals surface area (Å²) in [5.41, 5.74) is 2.80. The third-order valence-electron chi connectivity index (χ3n) is 3.49. The number of thioether (sulfide) groups is 1. The van der Waals surface area contributed by atoms with E-state index in [0.717, 1.165) is 21.3 Å². The highest BCUT2D eigenvalue weighted by atomic mass is 79.9. The van der Waals surface area contributed by atoms with Crippen molar-refractivity contribution in [2.24, 2.45) is 0 Å². The van der Waals surface area contributed by atoms with E-state index >= 15 is 0 Å². The Kier molecular flexibility index (Phi) is 6.81. The van der Waals surface area contributed by atoms with Gasteiger partial charge in [-0.2, -0.15) is 0 Å². The summed E-state index contributed by atoms with van der Waals surface area (Å²) in [5.74, 6) is -0.128. The van der Waals surface area contributed by atoms with E-state index in [4.69, 9.17) is 0 Å². The van der Waals surface area contributed by atoms with Gasteiger partial charge >= 0.3 is 0 Å². The fourth-order valence-electron chi connectivity index (χ4n) is 2.15. The summed E-state index contributed by atoms with van der Waals surface area (Å²) in [6.45, 7) is 2.52. The lowest BCUT2D eigenvalue weighted by atomic mass is 10.2. The number of nitrogens with zero attached hydrogens (tertiary/aromatic N) is 2. The van der Waals surface area contributed by atoms with Crippen LogP contribution in [0, 0.1) is 12.7 Å². The molecule has 0 unspecified atom stereocenters. The molecule has 27 heavy (non-hydrogen) atoms. The highest BCUT2D eigenvalue weighted by Gasteiger charge is 2.10. The van der Waals surface area contributed by atoms with Gasteiger partial charge in [-0.3, -0.25) is 4.79 Å². The number of amides is 1. The Hall–Kier alpha value is -1.97. The molecular formula is C18H16BrFN4OS2. The highest BCUT2D eigenvalue weighted by Crippen LogP contribution is 2.27. The van der Waals surface area contributed by atoms with Crippen LogP contribution in [0.4, 0.5) is 15.2 Å². The van der Waals surface area contributed by atoms with Crippen molar-refractivity contribution in [1.82, 2.24) is 10.2 Å². The van der Waals surface area contributed by atoms with Crippen molar-refractivity contribution in [1.29, 1.82) is 0 Å². The van der Waals surface area contributed by atoms with E-state index in [2.05, 4.69) is 36.8 Å². The first-order valence-corrected chi connectivity index (χ1v) is 10.6. The van der Waals surface area contributed by atoms with Gasteiger partial charge in [-0.25, -0.2) is 4.39 Å². The quantitative estimate of drug-likeness (QED) is 0.474. The lowest BCUT2D eigenvalue weighted by Gasteiger charge is -2.07. The third-order valence-corrected chi connectivity index (χ3v) is 6.16. The zero-order valence-electron chi connectivity index (χ0n) is 14.3. The molecule has 0 aliphatic rings. The van der Waals surface area contributed by atoms with Crippen LogP contribution in [0.3, 0.4) is 0 Å². The normalized spacial score (nSPS) is 10.6. The van der Waals surface area contributed by atoms with Crippen molar-refractivity contribution in [3.8, 4) is 0 Å². The van der Waals surface area contributed by atoms with Crippen LogP contribution in [0.5, 0.6) is 0 Å². The fourth-order valence-corrected chi connectivity index (χ4v) is 4.29. The van der Waals surface area contributed by atoms with E-state index < -0.39 is 0 Å². The summed E-state index contributed by atoms with van der Waals surface area (Å²) in [6, 6.07) is 12.0. The predicted octanol–water partition coefficient (Wildman–Crippen LogP) is 5.09. The van der Waals surface area contributed by atoms with Crippen LogP contribution in [0.1, 0.15) is 11.1 Å².